The van der Waals surface area contributed by atoms with E-state index in [-0.39, 0.29) is 51.4 Å². The maximum absolute atomic E-state index is 16.8. The molecule has 270 valence electrons. The van der Waals surface area contributed by atoms with Crippen molar-refractivity contribution in [1.82, 2.24) is 9.88 Å². The number of benzene rings is 3. The lowest BCUT2D eigenvalue weighted by atomic mass is 10.00. The van der Waals surface area contributed by atoms with E-state index >= 15 is 8.78 Å². The molecule has 1 aromatic heterocycles. The first-order valence-electron chi connectivity index (χ1n) is 17.2. The Morgan fingerprint density at radius 3 is 2.14 bits per heavy atom. The van der Waals surface area contributed by atoms with Gasteiger partial charge in [0.05, 0.1) is 48.1 Å². The fourth-order valence-corrected chi connectivity index (χ4v) is 12.6. The van der Waals surface area contributed by atoms with Crippen LogP contribution in [0.1, 0.15) is 61.1 Å². The van der Waals surface area contributed by atoms with Gasteiger partial charge in [-0.25, -0.2) is 13.8 Å². The van der Waals surface area contributed by atoms with Crippen molar-refractivity contribution in [2.75, 3.05) is 44.3 Å². The summed E-state index contributed by atoms with van der Waals surface area (Å²) in [5.41, 5.74) is 1.30. The molecule has 2 aliphatic rings. The molecule has 2 aliphatic heterocycles. The van der Waals surface area contributed by atoms with E-state index in [1.54, 1.807) is 9.80 Å². The van der Waals surface area contributed by atoms with E-state index < -0.39 is 25.9 Å². The molecule has 2 atom stereocenters. The van der Waals surface area contributed by atoms with Crippen LogP contribution in [0.3, 0.4) is 0 Å². The number of carbonyl (C=O) groups is 1. The molecule has 2 fully saturated rings. The van der Waals surface area contributed by atoms with E-state index in [1.807, 2.05) is 50.2 Å². The number of amides is 1. The van der Waals surface area contributed by atoms with Gasteiger partial charge in [-0.3, -0.25) is 4.79 Å². The number of aromatic nitrogens is 1. The molecule has 2 saturated heterocycles. The first kappa shape index (κ1) is 36.8. The number of hydrogen-bond acceptors (Lipinski definition) is 9. The molecule has 4 aromatic rings. The first-order chi connectivity index (χ1) is 24.5. The molecule has 3 heterocycles. The van der Waals surface area contributed by atoms with Crippen LogP contribution in [0.5, 0.6) is 0 Å². The van der Waals surface area contributed by atoms with Crippen LogP contribution in [0.25, 0.3) is 0 Å². The second-order valence-corrected chi connectivity index (χ2v) is 19.2. The molecule has 0 saturated carbocycles. The SMILES string of the molecule is C[C@@H]1CN(c2c(CO[Si](c3ccccc3)(c3ccccc3)C(C)(C)C)cc(/C(=N/O)c3scnc3C(=O)N3CCOCC3)c(F)c2F)C[C@H](C)O1. The highest BCUT2D eigenvalue weighted by atomic mass is 32.1. The van der Waals surface area contributed by atoms with E-state index in [4.69, 9.17) is 13.9 Å². The maximum atomic E-state index is 16.8. The molecule has 51 heavy (non-hydrogen) atoms. The highest BCUT2D eigenvalue weighted by Gasteiger charge is 2.50. The standard InChI is InChI=1S/C38H44F2N4O5SSi/c1-25-21-44(22-26(2)49-25)35-27(23-48-51(38(3,4)5,28-12-8-6-9-13-28)29-14-10-7-11-15-29)20-30(31(39)32(35)40)33(42-46)36-34(41-24-50-36)37(45)43-16-18-47-19-17-43/h6-15,20,24-26,46H,16-19,21-23H2,1-5H3/b42-33-/t25-,26+. The number of nitrogens with zero attached hydrogens (tertiary/aromatic N) is 4. The molecule has 0 aliphatic carbocycles. The van der Waals surface area contributed by atoms with Crippen molar-refractivity contribution < 1.29 is 32.7 Å². The molecule has 13 heteroatoms. The zero-order valence-electron chi connectivity index (χ0n) is 29.6. The highest BCUT2D eigenvalue weighted by Crippen LogP contribution is 2.40. The minimum absolute atomic E-state index is 0.000439. The molecule has 0 radical (unpaired) electrons. The van der Waals surface area contributed by atoms with Gasteiger partial charge in [0, 0.05) is 37.3 Å². The van der Waals surface area contributed by atoms with Gasteiger partial charge < -0.3 is 28.9 Å². The van der Waals surface area contributed by atoms with Gasteiger partial charge in [-0.05, 0) is 35.3 Å². The topological polar surface area (TPSA) is 96.7 Å². The predicted octanol–water partition coefficient (Wildman–Crippen LogP) is 5.81. The number of ether oxygens (including phenoxy) is 2. The first-order valence-corrected chi connectivity index (χ1v) is 19.9. The summed E-state index contributed by atoms with van der Waals surface area (Å²) < 4.78 is 51.9. The second kappa shape index (κ2) is 15.3. The predicted molar refractivity (Wildman–Crippen MR) is 197 cm³/mol. The summed E-state index contributed by atoms with van der Waals surface area (Å²) >= 11 is 1.02. The maximum Gasteiger partial charge on any atom is 0.274 e. The van der Waals surface area contributed by atoms with Crippen LogP contribution in [-0.4, -0.2) is 86.6 Å². The van der Waals surface area contributed by atoms with E-state index in [0.717, 1.165) is 21.7 Å². The Hall–Kier alpha value is -4.01. The summed E-state index contributed by atoms with van der Waals surface area (Å²) in [6, 6.07) is 21.7. The third kappa shape index (κ3) is 7.22. The number of rotatable bonds is 9. The average molecular weight is 735 g/mol. The van der Waals surface area contributed by atoms with Gasteiger partial charge in [0.2, 0.25) is 0 Å². The molecule has 0 spiro atoms. The summed E-state index contributed by atoms with van der Waals surface area (Å²) in [6.45, 7) is 12.3. The lowest BCUT2D eigenvalue weighted by Gasteiger charge is -2.43. The van der Waals surface area contributed by atoms with E-state index in [0.29, 0.717) is 45.0 Å². The Bertz CT molecular complexity index is 1820. The quantitative estimate of drug-likeness (QED) is 0.100. The summed E-state index contributed by atoms with van der Waals surface area (Å²) in [4.78, 5) is 21.3. The van der Waals surface area contributed by atoms with Crippen molar-refractivity contribution in [3.63, 3.8) is 0 Å². The van der Waals surface area contributed by atoms with Crippen LogP contribution in [0, 0.1) is 11.6 Å². The van der Waals surface area contributed by atoms with Gasteiger partial charge in [0.1, 0.15) is 11.4 Å². The third-order valence-electron chi connectivity index (χ3n) is 9.50. The second-order valence-electron chi connectivity index (χ2n) is 14.1. The van der Waals surface area contributed by atoms with Crippen molar-refractivity contribution in [2.24, 2.45) is 5.16 Å². The minimum Gasteiger partial charge on any atom is -0.410 e. The van der Waals surface area contributed by atoms with Crippen molar-refractivity contribution in [3.05, 3.63) is 106 Å². The molecular formula is C38H44F2N4O5SSi. The van der Waals surface area contributed by atoms with Crippen LogP contribution < -0.4 is 15.3 Å². The molecule has 6 rings (SSSR count). The molecular weight excluding hydrogens is 691 g/mol. The normalized spacial score (nSPS) is 19.0. The summed E-state index contributed by atoms with van der Waals surface area (Å²) in [6.07, 6.45) is -0.469. The van der Waals surface area contributed by atoms with E-state index in [9.17, 15) is 10.0 Å². The molecule has 1 amide bonds. The number of morpholine rings is 2. The van der Waals surface area contributed by atoms with Gasteiger partial charge in [0.15, 0.2) is 11.6 Å². The number of oxime groups is 1. The molecule has 1 N–H and O–H groups in total. The van der Waals surface area contributed by atoms with E-state index in [2.05, 4.69) is 55.2 Å². The van der Waals surface area contributed by atoms with Gasteiger partial charge in [-0.15, -0.1) is 11.3 Å². The number of carbonyl (C=O) groups excluding carboxylic acids is 1. The van der Waals surface area contributed by atoms with Gasteiger partial charge in [-0.2, -0.15) is 0 Å². The fourth-order valence-electron chi connectivity index (χ4n) is 7.31. The highest BCUT2D eigenvalue weighted by molar-refractivity contribution is 7.12. The average Bonchev–Trinajstić information content (AvgIpc) is 3.60. The number of anilines is 1. The van der Waals surface area contributed by atoms with Gasteiger partial charge >= 0.3 is 0 Å². The zero-order chi connectivity index (χ0) is 36.3. The van der Waals surface area contributed by atoms with Crippen molar-refractivity contribution in [3.8, 4) is 0 Å². The smallest absolute Gasteiger partial charge is 0.274 e. The number of halogens is 2. The Morgan fingerprint density at radius 2 is 1.59 bits per heavy atom. The summed E-state index contributed by atoms with van der Waals surface area (Å²) in [7, 11) is -3.12. The monoisotopic (exact) mass is 734 g/mol. The minimum atomic E-state index is -3.12. The number of hydrogen-bond donors (Lipinski definition) is 1. The Labute approximate surface area is 302 Å². The van der Waals surface area contributed by atoms with Crippen molar-refractivity contribution in [2.45, 2.75) is 58.5 Å². The Balaban J connectivity index is 1.50. The van der Waals surface area contributed by atoms with Crippen molar-refractivity contribution in [1.29, 1.82) is 0 Å². The summed E-state index contributed by atoms with van der Waals surface area (Å²) in [5.74, 6) is -2.70. The van der Waals surface area contributed by atoms with Crippen LogP contribution in [0.4, 0.5) is 14.5 Å². The Morgan fingerprint density at radius 1 is 1.00 bits per heavy atom. The number of thiazole rings is 1. The molecule has 0 unspecified atom stereocenters. The van der Waals surface area contributed by atoms with E-state index in [1.165, 1.54) is 11.6 Å². The third-order valence-corrected chi connectivity index (χ3v) is 15.3. The van der Waals surface area contributed by atoms with Crippen LogP contribution >= 0.6 is 11.3 Å². The van der Waals surface area contributed by atoms with Crippen LogP contribution in [0.15, 0.2) is 77.4 Å². The van der Waals surface area contributed by atoms with Crippen LogP contribution in [0.2, 0.25) is 5.04 Å². The largest absolute Gasteiger partial charge is 0.410 e. The summed E-state index contributed by atoms with van der Waals surface area (Å²) in [5, 5.41) is 15.6. The Kier molecular flexibility index (Phi) is 11.0. The fraction of sp³-hybridized carbons (Fsp3) is 0.395. The van der Waals surface area contributed by atoms with Crippen LogP contribution in [-0.2, 0) is 20.5 Å². The molecule has 9 nitrogen and oxygen atoms in total. The van der Waals surface area contributed by atoms with Gasteiger partial charge in [-0.1, -0.05) is 86.6 Å². The molecule has 0 bridgehead atoms. The van der Waals surface area contributed by atoms with Crippen molar-refractivity contribution >= 4 is 47.3 Å². The lowest BCUT2D eigenvalue weighted by molar-refractivity contribution is -0.00553. The lowest BCUT2D eigenvalue weighted by Crippen LogP contribution is -2.66. The van der Waals surface area contributed by atoms with Gasteiger partial charge in [0.25, 0.3) is 14.2 Å². The molecule has 3 aromatic carbocycles. The zero-order valence-corrected chi connectivity index (χ0v) is 31.4.